The Kier molecular flexibility index (Phi) is 11.3. The fourth-order valence-corrected chi connectivity index (χ4v) is 3.65. The Morgan fingerprint density at radius 3 is 2.10 bits per heavy atom. The number of nitrogens with zero attached hydrogens (tertiary/aromatic N) is 1. The molecule has 1 heterocycles. The van der Waals surface area contributed by atoms with Crippen molar-refractivity contribution in [3.63, 3.8) is 0 Å². The monoisotopic (exact) mass is 297 g/mol. The van der Waals surface area contributed by atoms with Crippen LogP contribution in [0.3, 0.4) is 0 Å². The average Bonchev–Trinajstić information content (AvgIpc) is 2.87. The van der Waals surface area contributed by atoms with Crippen LogP contribution in [0, 0.1) is 0 Å². The molecule has 2 atom stereocenters. The quantitative estimate of drug-likeness (QED) is 0.476. The van der Waals surface area contributed by atoms with E-state index < -0.39 is 0 Å². The van der Waals surface area contributed by atoms with E-state index in [4.69, 9.17) is 0 Å². The van der Waals surface area contributed by atoms with Crippen LogP contribution in [-0.2, 0) is 0 Å². The minimum Gasteiger partial charge on any atom is -0.393 e. The van der Waals surface area contributed by atoms with Gasteiger partial charge in [0, 0.05) is 6.04 Å². The summed E-state index contributed by atoms with van der Waals surface area (Å²) >= 11 is 0. The van der Waals surface area contributed by atoms with Gasteiger partial charge in [-0.3, -0.25) is 0 Å². The maximum absolute atomic E-state index is 9.55. The molecule has 21 heavy (non-hydrogen) atoms. The number of hydrogen-bond acceptors (Lipinski definition) is 2. The van der Waals surface area contributed by atoms with Crippen molar-refractivity contribution in [3.8, 4) is 0 Å². The molecule has 2 heteroatoms. The molecule has 1 saturated heterocycles. The summed E-state index contributed by atoms with van der Waals surface area (Å²) in [5.41, 5.74) is 0. The first-order valence-electron chi connectivity index (χ1n) is 9.66. The average molecular weight is 298 g/mol. The van der Waals surface area contributed by atoms with E-state index in [-0.39, 0.29) is 6.10 Å². The summed E-state index contributed by atoms with van der Waals surface area (Å²) in [6, 6.07) is 0.656. The summed E-state index contributed by atoms with van der Waals surface area (Å²) in [6.45, 7) is 6.73. The maximum atomic E-state index is 9.55. The normalized spacial score (nSPS) is 21.0. The highest BCUT2D eigenvalue weighted by Crippen LogP contribution is 2.22. The van der Waals surface area contributed by atoms with Gasteiger partial charge < -0.3 is 10.0 Å². The lowest BCUT2D eigenvalue weighted by molar-refractivity contribution is 0.133. The topological polar surface area (TPSA) is 23.5 Å². The molecular weight excluding hydrogens is 258 g/mol. The van der Waals surface area contributed by atoms with Crippen LogP contribution >= 0.6 is 0 Å². The Balaban J connectivity index is 1.89. The lowest BCUT2D eigenvalue weighted by Crippen LogP contribution is -2.32. The number of aliphatic hydroxyl groups excluding tert-OH is 1. The predicted molar refractivity (Wildman–Crippen MR) is 92.7 cm³/mol. The van der Waals surface area contributed by atoms with Crippen LogP contribution < -0.4 is 0 Å². The lowest BCUT2D eigenvalue weighted by atomic mass is 10.1. The molecule has 1 N–H and O–H groups in total. The second-order valence-corrected chi connectivity index (χ2v) is 7.10. The van der Waals surface area contributed by atoms with Crippen molar-refractivity contribution in [2.24, 2.45) is 0 Å². The van der Waals surface area contributed by atoms with E-state index in [0.717, 1.165) is 6.42 Å². The van der Waals surface area contributed by atoms with Gasteiger partial charge in [0.05, 0.1) is 6.10 Å². The van der Waals surface area contributed by atoms with Crippen molar-refractivity contribution in [2.75, 3.05) is 13.1 Å². The molecule has 2 nitrogen and oxygen atoms in total. The van der Waals surface area contributed by atoms with Crippen molar-refractivity contribution in [2.45, 2.75) is 109 Å². The third-order valence-electron chi connectivity index (χ3n) is 4.91. The van der Waals surface area contributed by atoms with Gasteiger partial charge in [0.1, 0.15) is 0 Å². The van der Waals surface area contributed by atoms with Crippen LogP contribution in [0.15, 0.2) is 0 Å². The molecule has 0 bridgehead atoms. The van der Waals surface area contributed by atoms with E-state index in [9.17, 15) is 5.11 Å². The Labute approximate surface area is 133 Å². The molecule has 1 aliphatic heterocycles. The van der Waals surface area contributed by atoms with Gasteiger partial charge in [-0.05, 0) is 45.7 Å². The van der Waals surface area contributed by atoms with E-state index in [0.29, 0.717) is 6.04 Å². The maximum Gasteiger partial charge on any atom is 0.0527 e. The molecule has 0 radical (unpaired) electrons. The molecule has 1 fully saturated rings. The fourth-order valence-electron chi connectivity index (χ4n) is 3.65. The van der Waals surface area contributed by atoms with Crippen LogP contribution in [0.4, 0.5) is 0 Å². The van der Waals surface area contributed by atoms with Gasteiger partial charge >= 0.3 is 0 Å². The Bertz CT molecular complexity index is 230. The fraction of sp³-hybridized carbons (Fsp3) is 1.00. The highest BCUT2D eigenvalue weighted by Gasteiger charge is 2.24. The zero-order valence-corrected chi connectivity index (χ0v) is 14.7. The first-order valence-corrected chi connectivity index (χ1v) is 9.66. The molecule has 0 aromatic rings. The van der Waals surface area contributed by atoms with Gasteiger partial charge in [-0.1, -0.05) is 64.7 Å². The second kappa shape index (κ2) is 12.5. The first-order chi connectivity index (χ1) is 10.2. The summed E-state index contributed by atoms with van der Waals surface area (Å²) in [4.78, 5) is 2.62. The largest absolute Gasteiger partial charge is 0.393 e. The van der Waals surface area contributed by atoms with Crippen LogP contribution in [-0.4, -0.2) is 35.2 Å². The third kappa shape index (κ3) is 9.52. The van der Waals surface area contributed by atoms with Gasteiger partial charge in [-0.25, -0.2) is 0 Å². The highest BCUT2D eigenvalue weighted by atomic mass is 16.3. The van der Waals surface area contributed by atoms with Gasteiger partial charge in [0.15, 0.2) is 0 Å². The Morgan fingerprint density at radius 2 is 1.52 bits per heavy atom. The van der Waals surface area contributed by atoms with Crippen LogP contribution in [0.5, 0.6) is 0 Å². The predicted octanol–water partition coefficient (Wildman–Crippen LogP) is 5.14. The van der Waals surface area contributed by atoms with Gasteiger partial charge in [0.25, 0.3) is 0 Å². The Hall–Kier alpha value is -0.0800. The summed E-state index contributed by atoms with van der Waals surface area (Å²) in [5.74, 6) is 0. The van der Waals surface area contributed by atoms with E-state index in [1.165, 1.54) is 90.1 Å². The number of hydrogen-bond donors (Lipinski definition) is 1. The smallest absolute Gasteiger partial charge is 0.0527 e. The van der Waals surface area contributed by atoms with Gasteiger partial charge in [-0.2, -0.15) is 0 Å². The number of aliphatic hydroxyl groups is 1. The van der Waals surface area contributed by atoms with Crippen LogP contribution in [0.1, 0.15) is 97.3 Å². The Morgan fingerprint density at radius 1 is 0.952 bits per heavy atom. The molecule has 0 aromatic carbocycles. The molecule has 0 aliphatic carbocycles. The zero-order chi connectivity index (χ0) is 15.3. The number of unbranched alkanes of at least 4 members (excludes halogenated alkanes) is 9. The van der Waals surface area contributed by atoms with Crippen LogP contribution in [0.2, 0.25) is 0 Å². The summed E-state index contributed by atoms with van der Waals surface area (Å²) in [6.07, 6.45) is 17.6. The summed E-state index contributed by atoms with van der Waals surface area (Å²) in [5, 5.41) is 9.55. The van der Waals surface area contributed by atoms with E-state index >= 15 is 0 Å². The molecule has 1 aliphatic rings. The molecule has 0 spiro atoms. The van der Waals surface area contributed by atoms with Crippen molar-refractivity contribution in [1.29, 1.82) is 0 Å². The SMILES string of the molecule is CCCCCCCCCCCCN1CCCC1CC(C)O. The van der Waals surface area contributed by atoms with E-state index in [1.807, 2.05) is 6.92 Å². The van der Waals surface area contributed by atoms with E-state index in [1.54, 1.807) is 0 Å². The second-order valence-electron chi connectivity index (χ2n) is 7.10. The van der Waals surface area contributed by atoms with E-state index in [2.05, 4.69) is 11.8 Å². The number of likely N-dealkylation sites (tertiary alicyclic amines) is 1. The first kappa shape index (κ1) is 19.0. The van der Waals surface area contributed by atoms with Gasteiger partial charge in [-0.15, -0.1) is 0 Å². The highest BCUT2D eigenvalue weighted by molar-refractivity contribution is 4.80. The molecule has 1 rings (SSSR count). The standard InChI is InChI=1S/C19H39NO/c1-3-4-5-6-7-8-9-10-11-12-15-20-16-13-14-19(20)17-18(2)21/h18-19,21H,3-17H2,1-2H3. The molecule has 0 aromatic heterocycles. The van der Waals surface area contributed by atoms with Crippen molar-refractivity contribution >= 4 is 0 Å². The van der Waals surface area contributed by atoms with Crippen LogP contribution in [0.25, 0.3) is 0 Å². The third-order valence-corrected chi connectivity index (χ3v) is 4.91. The molecule has 0 saturated carbocycles. The zero-order valence-electron chi connectivity index (χ0n) is 14.7. The van der Waals surface area contributed by atoms with Crippen molar-refractivity contribution < 1.29 is 5.11 Å². The molecular formula is C19H39NO. The summed E-state index contributed by atoms with van der Waals surface area (Å²) < 4.78 is 0. The molecule has 2 unspecified atom stereocenters. The number of rotatable bonds is 13. The minimum absolute atomic E-state index is 0.136. The van der Waals surface area contributed by atoms with Gasteiger partial charge in [0.2, 0.25) is 0 Å². The molecule has 126 valence electrons. The minimum atomic E-state index is -0.136. The van der Waals surface area contributed by atoms with Crippen molar-refractivity contribution in [1.82, 2.24) is 4.90 Å². The summed E-state index contributed by atoms with van der Waals surface area (Å²) in [7, 11) is 0. The molecule has 0 amide bonds. The lowest BCUT2D eigenvalue weighted by Gasteiger charge is -2.25. The van der Waals surface area contributed by atoms with Crippen molar-refractivity contribution in [3.05, 3.63) is 0 Å².